The molecule has 6 rings (SSSR count). The predicted molar refractivity (Wildman–Crippen MR) is 152 cm³/mol. The summed E-state index contributed by atoms with van der Waals surface area (Å²) < 4.78 is 37.7. The molecule has 2 heterocycles. The van der Waals surface area contributed by atoms with Crippen molar-refractivity contribution in [1.29, 1.82) is 0 Å². The largest absolute Gasteiger partial charge is 0.495 e. The minimum absolute atomic E-state index is 0.0486. The third-order valence-electron chi connectivity index (χ3n) is 8.03. The van der Waals surface area contributed by atoms with Crippen LogP contribution in [0.15, 0.2) is 54.7 Å². The number of esters is 1. The van der Waals surface area contributed by atoms with Gasteiger partial charge >= 0.3 is 5.97 Å². The molecule has 1 aromatic heterocycles. The van der Waals surface area contributed by atoms with Crippen LogP contribution in [0.2, 0.25) is 0 Å². The van der Waals surface area contributed by atoms with E-state index >= 15 is 4.39 Å². The highest BCUT2D eigenvalue weighted by Gasteiger charge is 2.32. The zero-order valence-electron chi connectivity index (χ0n) is 23.5. The van der Waals surface area contributed by atoms with E-state index in [2.05, 4.69) is 36.2 Å². The fourth-order valence-corrected chi connectivity index (χ4v) is 6.11. The van der Waals surface area contributed by atoms with E-state index in [9.17, 15) is 4.79 Å². The number of fused-ring (bicyclic) bond motifs is 2. The van der Waals surface area contributed by atoms with Gasteiger partial charge in [-0.3, -0.25) is 4.79 Å². The van der Waals surface area contributed by atoms with E-state index in [-0.39, 0.29) is 24.1 Å². The predicted octanol–water partition coefficient (Wildman–Crippen LogP) is 6.68. The van der Waals surface area contributed by atoms with Crippen LogP contribution in [0, 0.1) is 19.7 Å². The molecule has 1 aliphatic heterocycles. The van der Waals surface area contributed by atoms with Crippen molar-refractivity contribution in [2.24, 2.45) is 0 Å². The van der Waals surface area contributed by atoms with Gasteiger partial charge in [-0.1, -0.05) is 12.1 Å². The van der Waals surface area contributed by atoms with Crippen LogP contribution < -0.4 is 14.2 Å². The Morgan fingerprint density at radius 3 is 2.61 bits per heavy atom. The standard InChI is InChI=1S/C33H31FN2O5/c1-18-11-20(28-14-23(38-3)16-35-36-28)12-19(2)32(18)25-7-9-27(34)33-26(25)8-10-29(33)41-22-5-6-24-21(13-31(37)39-4)17-40-30(24)15-22/h5-7,9,11-12,14-16,21,29H,8,10,13,17H2,1-4H3/t21-,29-/m1/s1. The van der Waals surface area contributed by atoms with Crippen molar-refractivity contribution in [2.75, 3.05) is 20.8 Å². The number of aromatic nitrogens is 2. The molecular weight excluding hydrogens is 523 g/mol. The zero-order valence-corrected chi connectivity index (χ0v) is 23.5. The SMILES string of the molecule is COC(=O)C[C@@H]1COc2cc(O[C@@H]3CCc4c(-c5c(C)cc(-c6cc(OC)cnn6)cc5C)ccc(F)c43)ccc21. The number of aryl methyl sites for hydroxylation is 2. The highest BCUT2D eigenvalue weighted by atomic mass is 19.1. The average Bonchev–Trinajstić information content (AvgIpc) is 3.58. The van der Waals surface area contributed by atoms with Crippen molar-refractivity contribution < 1.29 is 28.1 Å². The minimum Gasteiger partial charge on any atom is -0.495 e. The Hall–Kier alpha value is -4.46. The number of nitrogens with zero attached hydrogens (tertiary/aromatic N) is 2. The van der Waals surface area contributed by atoms with Gasteiger partial charge in [-0.2, -0.15) is 10.2 Å². The second kappa shape index (κ2) is 10.8. The summed E-state index contributed by atoms with van der Waals surface area (Å²) in [5.41, 5.74) is 8.47. The van der Waals surface area contributed by atoms with Crippen LogP contribution in [-0.4, -0.2) is 37.0 Å². The van der Waals surface area contributed by atoms with E-state index in [1.165, 1.54) is 7.11 Å². The molecule has 0 saturated carbocycles. The fourth-order valence-electron chi connectivity index (χ4n) is 6.11. The van der Waals surface area contributed by atoms with Crippen LogP contribution in [0.1, 0.15) is 52.7 Å². The third kappa shape index (κ3) is 4.99. The Kier molecular flexibility index (Phi) is 7.07. The summed E-state index contributed by atoms with van der Waals surface area (Å²) in [6.07, 6.45) is 2.80. The Morgan fingerprint density at radius 1 is 1.05 bits per heavy atom. The van der Waals surface area contributed by atoms with Crippen LogP contribution in [-0.2, 0) is 16.0 Å². The lowest BCUT2D eigenvalue weighted by molar-refractivity contribution is -0.141. The summed E-state index contributed by atoms with van der Waals surface area (Å²) in [5.74, 6) is 1.37. The van der Waals surface area contributed by atoms with Gasteiger partial charge in [-0.15, -0.1) is 0 Å². The number of ether oxygens (including phenoxy) is 4. The van der Waals surface area contributed by atoms with Gasteiger partial charge in [0, 0.05) is 34.7 Å². The number of halogens is 1. The number of benzene rings is 3. The monoisotopic (exact) mass is 554 g/mol. The Labute approximate surface area is 238 Å². The maximum absolute atomic E-state index is 15.3. The molecule has 8 heteroatoms. The second-order valence-electron chi connectivity index (χ2n) is 10.6. The second-order valence-corrected chi connectivity index (χ2v) is 10.6. The van der Waals surface area contributed by atoms with Crippen LogP contribution in [0.25, 0.3) is 22.4 Å². The van der Waals surface area contributed by atoms with Gasteiger partial charge in [-0.05, 0) is 78.8 Å². The third-order valence-corrected chi connectivity index (χ3v) is 8.03. The van der Waals surface area contributed by atoms with E-state index in [1.54, 1.807) is 19.4 Å². The lowest BCUT2D eigenvalue weighted by Crippen LogP contribution is -2.09. The number of rotatable bonds is 7. The molecule has 0 saturated heterocycles. The first-order valence-electron chi connectivity index (χ1n) is 13.7. The lowest BCUT2D eigenvalue weighted by Gasteiger charge is -2.19. The van der Waals surface area contributed by atoms with E-state index in [0.29, 0.717) is 42.3 Å². The summed E-state index contributed by atoms with van der Waals surface area (Å²) >= 11 is 0. The topological polar surface area (TPSA) is 79.8 Å². The van der Waals surface area contributed by atoms with Gasteiger partial charge in [0.2, 0.25) is 0 Å². The van der Waals surface area contributed by atoms with Crippen LogP contribution in [0.4, 0.5) is 4.39 Å². The van der Waals surface area contributed by atoms with E-state index in [1.807, 2.05) is 30.3 Å². The van der Waals surface area contributed by atoms with Gasteiger partial charge in [0.25, 0.3) is 0 Å². The summed E-state index contributed by atoms with van der Waals surface area (Å²) in [6.45, 7) is 4.55. The molecule has 1 aliphatic carbocycles. The molecule has 41 heavy (non-hydrogen) atoms. The van der Waals surface area contributed by atoms with Crippen LogP contribution in [0.5, 0.6) is 17.2 Å². The maximum atomic E-state index is 15.3. The zero-order chi connectivity index (χ0) is 28.7. The van der Waals surface area contributed by atoms with Gasteiger partial charge in [0.15, 0.2) is 0 Å². The van der Waals surface area contributed by atoms with Crippen molar-refractivity contribution in [1.82, 2.24) is 10.2 Å². The Bertz CT molecular complexity index is 1630. The molecule has 7 nitrogen and oxygen atoms in total. The first-order chi connectivity index (χ1) is 19.9. The molecule has 2 atom stereocenters. The number of carbonyl (C=O) groups excluding carboxylic acids is 1. The number of hydrogen-bond donors (Lipinski definition) is 0. The molecule has 3 aromatic carbocycles. The summed E-state index contributed by atoms with van der Waals surface area (Å²) in [5, 5.41) is 8.33. The molecule has 0 bridgehead atoms. The highest BCUT2D eigenvalue weighted by molar-refractivity contribution is 5.79. The normalized spacial score (nSPS) is 17.0. The molecule has 0 spiro atoms. The number of hydrogen-bond acceptors (Lipinski definition) is 7. The molecule has 0 N–H and O–H groups in total. The van der Waals surface area contributed by atoms with E-state index in [4.69, 9.17) is 18.9 Å². The van der Waals surface area contributed by atoms with Crippen LogP contribution in [0.3, 0.4) is 0 Å². The first-order valence-corrected chi connectivity index (χ1v) is 13.7. The highest BCUT2D eigenvalue weighted by Crippen LogP contribution is 2.45. The number of carbonyl (C=O) groups is 1. The van der Waals surface area contributed by atoms with Gasteiger partial charge in [0.05, 0.1) is 39.1 Å². The fraction of sp³-hybridized carbons (Fsp3) is 0.303. The molecular formula is C33H31FN2O5. The lowest BCUT2D eigenvalue weighted by atomic mass is 9.88. The Balaban J connectivity index is 1.29. The molecule has 0 fully saturated rings. The van der Waals surface area contributed by atoms with Crippen molar-refractivity contribution in [3.05, 3.63) is 88.4 Å². The molecule has 2 aliphatic rings. The molecule has 4 aromatic rings. The first kappa shape index (κ1) is 26.7. The van der Waals surface area contributed by atoms with Crippen molar-refractivity contribution >= 4 is 5.97 Å². The number of methoxy groups -OCH3 is 2. The molecule has 0 amide bonds. The molecule has 0 unspecified atom stereocenters. The van der Waals surface area contributed by atoms with Gasteiger partial charge in [-0.25, -0.2) is 4.39 Å². The maximum Gasteiger partial charge on any atom is 0.306 e. The quantitative estimate of drug-likeness (QED) is 0.236. The van der Waals surface area contributed by atoms with Gasteiger partial charge in [0.1, 0.15) is 29.2 Å². The van der Waals surface area contributed by atoms with Gasteiger partial charge < -0.3 is 18.9 Å². The van der Waals surface area contributed by atoms with Crippen molar-refractivity contribution in [3.8, 4) is 39.6 Å². The van der Waals surface area contributed by atoms with E-state index < -0.39 is 6.10 Å². The van der Waals surface area contributed by atoms with Crippen LogP contribution >= 0.6 is 0 Å². The summed E-state index contributed by atoms with van der Waals surface area (Å²) in [4.78, 5) is 11.8. The Morgan fingerprint density at radius 2 is 1.85 bits per heavy atom. The summed E-state index contributed by atoms with van der Waals surface area (Å²) in [7, 11) is 2.99. The van der Waals surface area contributed by atoms with E-state index in [0.717, 1.165) is 44.6 Å². The molecule has 0 radical (unpaired) electrons. The minimum atomic E-state index is -0.415. The van der Waals surface area contributed by atoms with Crippen molar-refractivity contribution in [2.45, 2.75) is 45.1 Å². The molecule has 210 valence electrons. The summed E-state index contributed by atoms with van der Waals surface area (Å²) in [6, 6.07) is 15.1. The van der Waals surface area contributed by atoms with Crippen molar-refractivity contribution in [3.63, 3.8) is 0 Å². The average molecular weight is 555 g/mol. The smallest absolute Gasteiger partial charge is 0.306 e.